The third-order valence-electron chi connectivity index (χ3n) is 4.34. The number of benzene rings is 2. The highest BCUT2D eigenvalue weighted by Gasteiger charge is 2.13. The SMILES string of the molecule is COc1ccc(C(=O)NCCOc2ccc3nnc(-c4ccccc4Cl)n3n2)cc1. The number of hydrogen-bond donors (Lipinski definition) is 1. The number of amides is 1. The first kappa shape index (κ1) is 19.7. The molecule has 152 valence electrons. The first-order valence-corrected chi connectivity index (χ1v) is 9.56. The van der Waals surface area contributed by atoms with Crippen LogP contribution in [-0.2, 0) is 0 Å². The van der Waals surface area contributed by atoms with Gasteiger partial charge in [0.2, 0.25) is 5.88 Å². The van der Waals surface area contributed by atoms with Crippen molar-refractivity contribution in [1.82, 2.24) is 25.1 Å². The fourth-order valence-corrected chi connectivity index (χ4v) is 3.04. The monoisotopic (exact) mass is 423 g/mol. The number of rotatable bonds is 7. The van der Waals surface area contributed by atoms with Gasteiger partial charge >= 0.3 is 0 Å². The lowest BCUT2D eigenvalue weighted by molar-refractivity contribution is 0.0946. The predicted octanol–water partition coefficient (Wildman–Crippen LogP) is 3.26. The summed E-state index contributed by atoms with van der Waals surface area (Å²) in [6.45, 7) is 0.577. The van der Waals surface area contributed by atoms with E-state index in [-0.39, 0.29) is 12.5 Å². The number of halogens is 1. The number of nitrogens with one attached hydrogen (secondary N) is 1. The zero-order valence-electron chi connectivity index (χ0n) is 16.1. The third-order valence-corrected chi connectivity index (χ3v) is 4.67. The van der Waals surface area contributed by atoms with Crippen LogP contribution >= 0.6 is 11.6 Å². The van der Waals surface area contributed by atoms with E-state index in [0.29, 0.717) is 40.2 Å². The van der Waals surface area contributed by atoms with Crippen LogP contribution in [0.15, 0.2) is 60.7 Å². The Bertz CT molecular complexity index is 1180. The van der Waals surface area contributed by atoms with Crippen LogP contribution in [0, 0.1) is 0 Å². The van der Waals surface area contributed by atoms with Gasteiger partial charge in [0.1, 0.15) is 12.4 Å². The predicted molar refractivity (Wildman–Crippen MR) is 112 cm³/mol. The lowest BCUT2D eigenvalue weighted by Gasteiger charge is -2.08. The van der Waals surface area contributed by atoms with Crippen molar-refractivity contribution in [3.05, 3.63) is 71.2 Å². The van der Waals surface area contributed by atoms with Gasteiger partial charge in [-0.2, -0.15) is 4.52 Å². The minimum atomic E-state index is -0.190. The van der Waals surface area contributed by atoms with Crippen LogP contribution < -0.4 is 14.8 Å². The van der Waals surface area contributed by atoms with Crippen molar-refractivity contribution in [3.8, 4) is 23.0 Å². The summed E-state index contributed by atoms with van der Waals surface area (Å²) >= 11 is 6.27. The average Bonchev–Trinajstić information content (AvgIpc) is 3.20. The molecule has 8 nitrogen and oxygen atoms in total. The molecule has 0 bridgehead atoms. The largest absolute Gasteiger partial charge is 0.497 e. The molecule has 30 heavy (non-hydrogen) atoms. The minimum absolute atomic E-state index is 0.190. The van der Waals surface area contributed by atoms with Gasteiger partial charge in [0.05, 0.1) is 18.7 Å². The summed E-state index contributed by atoms with van der Waals surface area (Å²) in [6.07, 6.45) is 0. The molecule has 0 fully saturated rings. The Hall–Kier alpha value is -3.65. The fourth-order valence-electron chi connectivity index (χ4n) is 2.82. The van der Waals surface area contributed by atoms with Crippen LogP contribution in [0.3, 0.4) is 0 Å². The molecule has 0 radical (unpaired) electrons. The van der Waals surface area contributed by atoms with E-state index >= 15 is 0 Å². The Morgan fingerprint density at radius 1 is 1.07 bits per heavy atom. The molecule has 0 unspecified atom stereocenters. The maximum atomic E-state index is 12.2. The summed E-state index contributed by atoms with van der Waals surface area (Å²) in [5.74, 6) is 1.41. The van der Waals surface area contributed by atoms with Gasteiger partial charge in [-0.15, -0.1) is 15.3 Å². The van der Waals surface area contributed by atoms with Gasteiger partial charge in [-0.1, -0.05) is 23.7 Å². The second-order valence-corrected chi connectivity index (χ2v) is 6.69. The molecule has 9 heteroatoms. The second kappa shape index (κ2) is 8.79. The lowest BCUT2D eigenvalue weighted by atomic mass is 10.2. The topological polar surface area (TPSA) is 90.6 Å². The van der Waals surface area contributed by atoms with E-state index in [2.05, 4.69) is 20.6 Å². The molecule has 2 aromatic heterocycles. The number of nitrogens with zero attached hydrogens (tertiary/aromatic N) is 4. The summed E-state index contributed by atoms with van der Waals surface area (Å²) < 4.78 is 12.3. The first-order chi connectivity index (χ1) is 14.7. The molecular weight excluding hydrogens is 406 g/mol. The zero-order valence-corrected chi connectivity index (χ0v) is 16.8. The first-order valence-electron chi connectivity index (χ1n) is 9.18. The molecule has 4 aromatic rings. The minimum Gasteiger partial charge on any atom is -0.497 e. The number of aromatic nitrogens is 4. The number of carbonyl (C=O) groups excluding carboxylic acids is 1. The van der Waals surface area contributed by atoms with Crippen molar-refractivity contribution in [1.29, 1.82) is 0 Å². The van der Waals surface area contributed by atoms with Gasteiger partial charge in [-0.25, -0.2) is 0 Å². The Morgan fingerprint density at radius 2 is 1.87 bits per heavy atom. The van der Waals surface area contributed by atoms with Gasteiger partial charge in [-0.05, 0) is 42.5 Å². The molecule has 4 rings (SSSR count). The Morgan fingerprint density at radius 3 is 2.63 bits per heavy atom. The number of methoxy groups -OCH3 is 1. The average molecular weight is 424 g/mol. The summed E-state index contributed by atoms with van der Waals surface area (Å²) in [5, 5.41) is 16.1. The Kier molecular flexibility index (Phi) is 5.76. The van der Waals surface area contributed by atoms with Crippen LogP contribution in [-0.4, -0.2) is 46.0 Å². The summed E-state index contributed by atoms with van der Waals surface area (Å²) in [5.41, 5.74) is 1.84. The van der Waals surface area contributed by atoms with Gasteiger partial charge in [0.15, 0.2) is 11.5 Å². The molecular formula is C21H18ClN5O3. The van der Waals surface area contributed by atoms with Crippen molar-refractivity contribution < 1.29 is 14.3 Å². The van der Waals surface area contributed by atoms with Crippen molar-refractivity contribution in [2.45, 2.75) is 0 Å². The second-order valence-electron chi connectivity index (χ2n) is 6.28. The van der Waals surface area contributed by atoms with Crippen LogP contribution in [0.25, 0.3) is 17.0 Å². The van der Waals surface area contributed by atoms with Crippen molar-refractivity contribution >= 4 is 23.2 Å². The van der Waals surface area contributed by atoms with Crippen molar-refractivity contribution in [2.75, 3.05) is 20.3 Å². The number of fused-ring (bicyclic) bond motifs is 1. The fraction of sp³-hybridized carbons (Fsp3) is 0.143. The summed E-state index contributed by atoms with van der Waals surface area (Å²) in [4.78, 5) is 12.2. The van der Waals surface area contributed by atoms with E-state index in [4.69, 9.17) is 21.1 Å². The van der Waals surface area contributed by atoms with Gasteiger partial charge < -0.3 is 14.8 Å². The van der Waals surface area contributed by atoms with Gasteiger partial charge in [0, 0.05) is 17.2 Å². The third kappa shape index (κ3) is 4.18. The number of hydrogen-bond acceptors (Lipinski definition) is 6. The molecule has 2 aromatic carbocycles. The zero-order chi connectivity index (χ0) is 20.9. The smallest absolute Gasteiger partial charge is 0.251 e. The van der Waals surface area contributed by atoms with E-state index in [9.17, 15) is 4.79 Å². The Labute approximate surface area is 177 Å². The van der Waals surface area contributed by atoms with Gasteiger partial charge in [-0.3, -0.25) is 4.79 Å². The van der Waals surface area contributed by atoms with E-state index in [1.165, 1.54) is 0 Å². The highest BCUT2D eigenvalue weighted by Crippen LogP contribution is 2.26. The van der Waals surface area contributed by atoms with Crippen LogP contribution in [0.2, 0.25) is 5.02 Å². The number of ether oxygens (including phenoxy) is 2. The molecule has 2 heterocycles. The molecule has 0 atom stereocenters. The summed E-state index contributed by atoms with van der Waals surface area (Å²) in [7, 11) is 1.58. The molecule has 1 amide bonds. The summed E-state index contributed by atoms with van der Waals surface area (Å²) in [6, 6.07) is 17.7. The quantitative estimate of drug-likeness (QED) is 0.459. The van der Waals surface area contributed by atoms with E-state index in [0.717, 1.165) is 5.56 Å². The molecule has 0 aliphatic rings. The van der Waals surface area contributed by atoms with Gasteiger partial charge in [0.25, 0.3) is 5.91 Å². The lowest BCUT2D eigenvalue weighted by Crippen LogP contribution is -2.28. The molecule has 0 saturated heterocycles. The molecule has 0 spiro atoms. The highest BCUT2D eigenvalue weighted by atomic mass is 35.5. The molecule has 0 aliphatic carbocycles. The number of carbonyl (C=O) groups is 1. The van der Waals surface area contributed by atoms with Crippen LogP contribution in [0.1, 0.15) is 10.4 Å². The molecule has 1 N–H and O–H groups in total. The van der Waals surface area contributed by atoms with Crippen LogP contribution in [0.4, 0.5) is 0 Å². The Balaban J connectivity index is 1.39. The maximum Gasteiger partial charge on any atom is 0.251 e. The highest BCUT2D eigenvalue weighted by molar-refractivity contribution is 6.33. The standard InChI is InChI=1S/C21H18ClN5O3/c1-29-15-8-6-14(7-9-15)21(28)23-12-13-30-19-11-10-18-24-25-20(27(18)26-19)16-4-2-3-5-17(16)22/h2-11H,12-13H2,1H3,(H,23,28). The van der Waals surface area contributed by atoms with Crippen molar-refractivity contribution in [2.24, 2.45) is 0 Å². The van der Waals surface area contributed by atoms with E-state index in [1.54, 1.807) is 54.1 Å². The van der Waals surface area contributed by atoms with E-state index in [1.807, 2.05) is 18.2 Å². The van der Waals surface area contributed by atoms with E-state index < -0.39 is 0 Å². The normalized spacial score (nSPS) is 10.7. The molecule has 0 saturated carbocycles. The van der Waals surface area contributed by atoms with Crippen LogP contribution in [0.5, 0.6) is 11.6 Å². The molecule has 0 aliphatic heterocycles. The van der Waals surface area contributed by atoms with Crippen molar-refractivity contribution in [3.63, 3.8) is 0 Å². The maximum absolute atomic E-state index is 12.2.